The number of hydrogen-bond donors (Lipinski definition) is 2. The number of aromatic nitrogens is 3. The van der Waals surface area contributed by atoms with Gasteiger partial charge in [0, 0.05) is 47.7 Å². The van der Waals surface area contributed by atoms with Crippen LogP contribution in [0.5, 0.6) is 0 Å². The number of H-pyrrole nitrogens is 1. The number of aromatic amines is 1. The van der Waals surface area contributed by atoms with Gasteiger partial charge in [0.25, 0.3) is 0 Å². The van der Waals surface area contributed by atoms with Gasteiger partial charge in [0.1, 0.15) is 11.5 Å². The fourth-order valence-corrected chi connectivity index (χ4v) is 4.77. The summed E-state index contributed by atoms with van der Waals surface area (Å²) in [5.74, 6) is -0.287. The number of halogens is 2. The van der Waals surface area contributed by atoms with E-state index in [-0.39, 0.29) is 18.0 Å². The zero-order chi connectivity index (χ0) is 23.1. The van der Waals surface area contributed by atoms with Crippen molar-refractivity contribution in [2.75, 3.05) is 25.1 Å². The van der Waals surface area contributed by atoms with Crippen LogP contribution in [0.2, 0.25) is 5.02 Å². The smallest absolute Gasteiger partial charge is 0.133 e. The van der Waals surface area contributed by atoms with Crippen molar-refractivity contribution >= 4 is 28.2 Å². The van der Waals surface area contributed by atoms with E-state index >= 15 is 0 Å². The van der Waals surface area contributed by atoms with E-state index in [1.165, 1.54) is 12.1 Å². The first-order valence-electron chi connectivity index (χ1n) is 10.9. The second kappa shape index (κ2) is 8.74. The second-order valence-electron chi connectivity index (χ2n) is 8.56. The average molecular weight is 466 g/mol. The third-order valence-electron chi connectivity index (χ3n) is 6.25. The first-order chi connectivity index (χ1) is 15.9. The highest BCUT2D eigenvalue weighted by molar-refractivity contribution is 6.31. The number of methoxy groups -OCH3 is 1. The Morgan fingerprint density at radius 2 is 2.06 bits per heavy atom. The molecule has 0 spiro atoms. The van der Waals surface area contributed by atoms with Crippen LogP contribution in [0.15, 0.2) is 48.7 Å². The number of hydrogen-bond acceptors (Lipinski definition) is 5. The summed E-state index contributed by atoms with van der Waals surface area (Å²) in [7, 11) is 1.68. The van der Waals surface area contributed by atoms with Gasteiger partial charge in [-0.05, 0) is 54.8 Å². The fraction of sp³-hybridized carbons (Fsp3) is 0.280. The summed E-state index contributed by atoms with van der Waals surface area (Å²) in [5, 5.41) is 10.5. The van der Waals surface area contributed by atoms with Gasteiger partial charge < -0.3 is 20.4 Å². The molecule has 0 aliphatic carbocycles. The van der Waals surface area contributed by atoms with Gasteiger partial charge in [0.2, 0.25) is 0 Å². The molecule has 8 heteroatoms. The molecule has 0 saturated carbocycles. The van der Waals surface area contributed by atoms with Crippen molar-refractivity contribution < 1.29 is 9.13 Å². The number of ether oxygens (including phenoxy) is 1. The van der Waals surface area contributed by atoms with Crippen molar-refractivity contribution in [1.82, 2.24) is 15.2 Å². The number of piperidine rings is 1. The van der Waals surface area contributed by atoms with Crippen LogP contribution in [0.25, 0.3) is 33.4 Å². The zero-order valence-electron chi connectivity index (χ0n) is 18.5. The molecule has 1 aliphatic rings. The number of nitrogens with one attached hydrogen (secondary N) is 1. The van der Waals surface area contributed by atoms with Crippen LogP contribution in [0.3, 0.4) is 0 Å². The van der Waals surface area contributed by atoms with Gasteiger partial charge in [0.15, 0.2) is 0 Å². The summed E-state index contributed by atoms with van der Waals surface area (Å²) >= 11 is 6.19. The van der Waals surface area contributed by atoms with E-state index in [0.717, 1.165) is 51.9 Å². The molecule has 0 radical (unpaired) electrons. The van der Waals surface area contributed by atoms with Crippen LogP contribution in [0.4, 0.5) is 10.1 Å². The van der Waals surface area contributed by atoms with E-state index in [0.29, 0.717) is 17.3 Å². The monoisotopic (exact) mass is 465 g/mol. The van der Waals surface area contributed by atoms with Gasteiger partial charge in [0.05, 0.1) is 23.7 Å². The number of fused-ring (bicyclic) bond motifs is 1. The van der Waals surface area contributed by atoms with Crippen molar-refractivity contribution in [2.24, 2.45) is 5.73 Å². The normalized spacial score (nSPS) is 18.8. The molecule has 1 fully saturated rings. The molecule has 3 heterocycles. The minimum Gasteiger partial charge on any atom is -0.378 e. The van der Waals surface area contributed by atoms with Crippen LogP contribution in [0, 0.1) is 12.7 Å². The van der Waals surface area contributed by atoms with Crippen LogP contribution in [-0.2, 0) is 4.74 Å². The molecule has 6 nitrogen and oxygen atoms in total. The van der Waals surface area contributed by atoms with Crippen LogP contribution < -0.4 is 10.6 Å². The Hall–Kier alpha value is -3.00. The predicted octanol–water partition coefficient (Wildman–Crippen LogP) is 4.95. The molecule has 3 N–H and O–H groups in total. The summed E-state index contributed by atoms with van der Waals surface area (Å²) in [5.41, 5.74) is 12.0. The average Bonchev–Trinajstić information content (AvgIpc) is 3.21. The summed E-state index contributed by atoms with van der Waals surface area (Å²) in [6.45, 7) is 3.21. The van der Waals surface area contributed by atoms with Crippen molar-refractivity contribution in [3.63, 3.8) is 0 Å². The molecule has 2 aromatic heterocycles. The summed E-state index contributed by atoms with van der Waals surface area (Å²) < 4.78 is 20.0. The fourth-order valence-electron chi connectivity index (χ4n) is 4.60. The lowest BCUT2D eigenvalue weighted by atomic mass is 9.97. The highest BCUT2D eigenvalue weighted by atomic mass is 35.5. The Bertz CT molecular complexity index is 1300. The van der Waals surface area contributed by atoms with Crippen molar-refractivity contribution in [3.8, 4) is 22.5 Å². The molecule has 4 aromatic rings. The van der Waals surface area contributed by atoms with Crippen molar-refractivity contribution in [1.29, 1.82) is 0 Å². The van der Waals surface area contributed by atoms with E-state index in [2.05, 4.69) is 20.1 Å². The minimum absolute atomic E-state index is 0.0421. The SMILES string of the molecule is CO[C@@H]1CN(c2c(-c3cc(C)cc(F)c3)cnnc2-c2cc3ccc(Cl)cc3[nH]2)CC[C@H]1N. The molecule has 5 rings (SSSR count). The first-order valence-corrected chi connectivity index (χ1v) is 11.3. The molecular formula is C25H25ClFN5O. The van der Waals surface area contributed by atoms with Gasteiger partial charge in [-0.15, -0.1) is 5.10 Å². The summed E-state index contributed by atoms with van der Waals surface area (Å²) in [4.78, 5) is 5.64. The molecule has 1 saturated heterocycles. The maximum Gasteiger partial charge on any atom is 0.133 e. The van der Waals surface area contributed by atoms with Gasteiger partial charge in [-0.1, -0.05) is 23.7 Å². The summed E-state index contributed by atoms with van der Waals surface area (Å²) in [6.07, 6.45) is 2.34. The van der Waals surface area contributed by atoms with E-state index in [4.69, 9.17) is 22.1 Å². The van der Waals surface area contributed by atoms with Crippen LogP contribution in [-0.4, -0.2) is 47.5 Å². The predicted molar refractivity (Wildman–Crippen MR) is 130 cm³/mol. The summed E-state index contributed by atoms with van der Waals surface area (Å²) in [6, 6.07) is 12.7. The highest BCUT2D eigenvalue weighted by Gasteiger charge is 2.30. The topological polar surface area (TPSA) is 80.1 Å². The molecular weight excluding hydrogens is 441 g/mol. The highest BCUT2D eigenvalue weighted by Crippen LogP contribution is 2.40. The molecule has 2 atom stereocenters. The van der Waals surface area contributed by atoms with Gasteiger partial charge >= 0.3 is 0 Å². The van der Waals surface area contributed by atoms with Gasteiger partial charge in [-0.25, -0.2) is 4.39 Å². The maximum absolute atomic E-state index is 14.4. The van der Waals surface area contributed by atoms with E-state index < -0.39 is 0 Å². The number of anilines is 1. The van der Waals surface area contributed by atoms with Crippen LogP contribution in [0.1, 0.15) is 12.0 Å². The molecule has 0 amide bonds. The molecule has 33 heavy (non-hydrogen) atoms. The van der Waals surface area contributed by atoms with E-state index in [1.807, 2.05) is 37.3 Å². The Morgan fingerprint density at radius 1 is 1.21 bits per heavy atom. The first kappa shape index (κ1) is 21.8. The van der Waals surface area contributed by atoms with E-state index in [9.17, 15) is 4.39 Å². The lowest BCUT2D eigenvalue weighted by Crippen LogP contribution is -2.51. The quantitative estimate of drug-likeness (QED) is 0.446. The molecule has 0 bridgehead atoms. The standard InChI is InChI=1S/C25H25ClFN5O/c1-14-7-16(9-18(27)8-14)19-12-29-31-24(22-10-15-3-4-17(26)11-21(15)30-22)25(19)32-6-5-20(28)23(13-32)33-2/h3-4,7-12,20,23,30H,5-6,13,28H2,1-2H3/t20-,23-/m1/s1. The Labute approximate surface area is 196 Å². The Morgan fingerprint density at radius 3 is 2.85 bits per heavy atom. The number of nitrogens with two attached hydrogens (primary N) is 1. The number of nitrogens with zero attached hydrogens (tertiary/aromatic N) is 3. The minimum atomic E-state index is -0.287. The maximum atomic E-state index is 14.4. The molecule has 170 valence electrons. The largest absolute Gasteiger partial charge is 0.378 e. The van der Waals surface area contributed by atoms with Crippen molar-refractivity contribution in [3.05, 3.63) is 65.1 Å². The van der Waals surface area contributed by atoms with Crippen LogP contribution >= 0.6 is 11.6 Å². The lowest BCUT2D eigenvalue weighted by molar-refractivity contribution is 0.0730. The Kier molecular flexibility index (Phi) is 5.78. The third kappa shape index (κ3) is 4.19. The molecule has 2 aromatic carbocycles. The molecule has 0 unspecified atom stereocenters. The zero-order valence-corrected chi connectivity index (χ0v) is 19.2. The molecule has 1 aliphatic heterocycles. The number of benzene rings is 2. The van der Waals surface area contributed by atoms with Gasteiger partial charge in [-0.2, -0.15) is 5.10 Å². The lowest BCUT2D eigenvalue weighted by Gasteiger charge is -2.38. The third-order valence-corrected chi connectivity index (χ3v) is 6.48. The van der Waals surface area contributed by atoms with Gasteiger partial charge in [-0.3, -0.25) is 0 Å². The number of aryl methyl sites for hydroxylation is 1. The Balaban J connectivity index is 1.71. The second-order valence-corrected chi connectivity index (χ2v) is 9.00. The van der Waals surface area contributed by atoms with Crippen molar-refractivity contribution in [2.45, 2.75) is 25.5 Å². The van der Waals surface area contributed by atoms with E-state index in [1.54, 1.807) is 13.3 Å². The number of rotatable bonds is 4.